The lowest BCUT2D eigenvalue weighted by molar-refractivity contribution is 0.0175. The van der Waals surface area contributed by atoms with Gasteiger partial charge in [0, 0.05) is 19.2 Å². The fraction of sp³-hybridized carbons (Fsp3) is 1.00. The van der Waals surface area contributed by atoms with Gasteiger partial charge in [-0.15, -0.1) is 0 Å². The molecular formula is C11H24N2O. The number of methoxy groups -OCH3 is 1. The van der Waals surface area contributed by atoms with E-state index >= 15 is 0 Å². The first-order chi connectivity index (χ1) is 6.72. The molecular weight excluding hydrogens is 176 g/mol. The highest BCUT2D eigenvalue weighted by Gasteiger charge is 2.27. The second-order valence-electron chi connectivity index (χ2n) is 4.44. The molecule has 0 aromatic carbocycles. The van der Waals surface area contributed by atoms with Crippen molar-refractivity contribution in [2.75, 3.05) is 20.2 Å². The minimum atomic E-state index is 0.515. The molecule has 0 bridgehead atoms. The molecule has 1 fully saturated rings. The summed E-state index contributed by atoms with van der Waals surface area (Å²) in [5.41, 5.74) is 0. The van der Waals surface area contributed by atoms with E-state index < -0.39 is 0 Å². The molecule has 0 atom stereocenters. The highest BCUT2D eigenvalue weighted by atomic mass is 16.5. The summed E-state index contributed by atoms with van der Waals surface area (Å²) in [6, 6.07) is 1.32. The fourth-order valence-corrected chi connectivity index (χ4v) is 1.71. The van der Waals surface area contributed by atoms with Crippen LogP contribution in [0, 0.1) is 0 Å². The third-order valence-electron chi connectivity index (χ3n) is 2.77. The van der Waals surface area contributed by atoms with Crippen molar-refractivity contribution in [2.45, 2.75) is 51.3 Å². The van der Waals surface area contributed by atoms with Gasteiger partial charge >= 0.3 is 0 Å². The van der Waals surface area contributed by atoms with Crippen LogP contribution in [0.4, 0.5) is 0 Å². The van der Waals surface area contributed by atoms with Crippen LogP contribution >= 0.6 is 0 Å². The summed E-state index contributed by atoms with van der Waals surface area (Å²) in [5, 5.41) is 6.95. The molecule has 0 heterocycles. The van der Waals surface area contributed by atoms with Crippen LogP contribution < -0.4 is 10.6 Å². The molecule has 0 aliphatic heterocycles. The quantitative estimate of drug-likeness (QED) is 0.605. The molecule has 14 heavy (non-hydrogen) atoms. The van der Waals surface area contributed by atoms with Gasteiger partial charge in [0.05, 0.1) is 6.10 Å². The van der Waals surface area contributed by atoms with E-state index in [1.807, 2.05) is 0 Å². The average Bonchev–Trinajstić information content (AvgIpc) is 2.07. The lowest BCUT2D eigenvalue weighted by Crippen LogP contribution is -2.45. The van der Waals surface area contributed by atoms with Gasteiger partial charge in [-0.1, -0.05) is 13.8 Å². The molecule has 0 aromatic heterocycles. The van der Waals surface area contributed by atoms with Gasteiger partial charge in [0.15, 0.2) is 0 Å². The largest absolute Gasteiger partial charge is 0.381 e. The molecule has 1 rings (SSSR count). The van der Waals surface area contributed by atoms with Gasteiger partial charge in [-0.2, -0.15) is 0 Å². The Bertz CT molecular complexity index is 144. The minimum absolute atomic E-state index is 0.515. The zero-order valence-electron chi connectivity index (χ0n) is 9.68. The van der Waals surface area contributed by atoms with Crippen LogP contribution in [0.2, 0.25) is 0 Å². The zero-order valence-corrected chi connectivity index (χ0v) is 9.68. The van der Waals surface area contributed by atoms with Crippen molar-refractivity contribution in [1.82, 2.24) is 10.6 Å². The lowest BCUT2D eigenvalue weighted by Gasteiger charge is -2.34. The molecule has 3 nitrogen and oxygen atoms in total. The number of ether oxygens (including phenoxy) is 1. The molecule has 2 N–H and O–H groups in total. The molecule has 0 spiro atoms. The highest BCUT2D eigenvalue weighted by molar-refractivity contribution is 4.85. The Hall–Kier alpha value is -0.120. The molecule has 0 saturated heterocycles. The smallest absolute Gasteiger partial charge is 0.0601 e. The van der Waals surface area contributed by atoms with Gasteiger partial charge in [0.25, 0.3) is 0 Å². The summed E-state index contributed by atoms with van der Waals surface area (Å²) in [6.07, 6.45) is 4.11. The summed E-state index contributed by atoms with van der Waals surface area (Å²) in [6.45, 7) is 6.61. The van der Waals surface area contributed by atoms with Crippen LogP contribution in [0.5, 0.6) is 0 Å². The predicted molar refractivity (Wildman–Crippen MR) is 59.6 cm³/mol. The second kappa shape index (κ2) is 6.38. The van der Waals surface area contributed by atoms with Gasteiger partial charge in [-0.05, 0) is 32.4 Å². The van der Waals surface area contributed by atoms with E-state index in [-0.39, 0.29) is 0 Å². The molecule has 0 unspecified atom stereocenters. The number of rotatable bonds is 7. The van der Waals surface area contributed by atoms with E-state index in [1.54, 1.807) is 7.11 Å². The topological polar surface area (TPSA) is 33.3 Å². The first-order valence-corrected chi connectivity index (χ1v) is 5.72. The predicted octanol–water partition coefficient (Wildman–Crippen LogP) is 1.14. The van der Waals surface area contributed by atoms with Crippen molar-refractivity contribution >= 4 is 0 Å². The summed E-state index contributed by atoms with van der Waals surface area (Å²) in [7, 11) is 1.80. The van der Waals surface area contributed by atoms with E-state index in [0.29, 0.717) is 18.2 Å². The Morgan fingerprint density at radius 1 is 1.29 bits per heavy atom. The Balaban J connectivity index is 1.81. The average molecular weight is 200 g/mol. The minimum Gasteiger partial charge on any atom is -0.381 e. The third-order valence-corrected chi connectivity index (χ3v) is 2.77. The lowest BCUT2D eigenvalue weighted by atomic mass is 9.89. The van der Waals surface area contributed by atoms with E-state index in [9.17, 15) is 0 Å². The first-order valence-electron chi connectivity index (χ1n) is 5.72. The maximum Gasteiger partial charge on any atom is 0.0601 e. The molecule has 84 valence electrons. The SMILES string of the molecule is COC1CC(NCCCNC(C)C)C1. The Labute approximate surface area is 87.6 Å². The molecule has 3 heteroatoms. The highest BCUT2D eigenvalue weighted by Crippen LogP contribution is 2.22. The van der Waals surface area contributed by atoms with Gasteiger partial charge in [0.2, 0.25) is 0 Å². The van der Waals surface area contributed by atoms with Gasteiger partial charge in [0.1, 0.15) is 0 Å². The van der Waals surface area contributed by atoms with Crippen LogP contribution in [0.15, 0.2) is 0 Å². The van der Waals surface area contributed by atoms with Crippen molar-refractivity contribution in [1.29, 1.82) is 0 Å². The van der Waals surface area contributed by atoms with Gasteiger partial charge < -0.3 is 15.4 Å². The molecule has 1 aliphatic rings. The Morgan fingerprint density at radius 3 is 2.57 bits per heavy atom. The molecule has 0 aromatic rings. The number of hydrogen-bond acceptors (Lipinski definition) is 3. The van der Waals surface area contributed by atoms with Crippen molar-refractivity contribution < 1.29 is 4.74 Å². The van der Waals surface area contributed by atoms with Crippen LogP contribution in [-0.2, 0) is 4.74 Å². The summed E-state index contributed by atoms with van der Waals surface area (Å²) >= 11 is 0. The molecule has 0 radical (unpaired) electrons. The first kappa shape index (κ1) is 12.0. The number of hydrogen-bond donors (Lipinski definition) is 2. The van der Waals surface area contributed by atoms with Crippen molar-refractivity contribution in [2.24, 2.45) is 0 Å². The van der Waals surface area contributed by atoms with Crippen LogP contribution in [0.1, 0.15) is 33.1 Å². The van der Waals surface area contributed by atoms with E-state index in [1.165, 1.54) is 19.3 Å². The van der Waals surface area contributed by atoms with Crippen LogP contribution in [-0.4, -0.2) is 38.4 Å². The number of nitrogens with one attached hydrogen (secondary N) is 2. The summed E-state index contributed by atoms with van der Waals surface area (Å²) in [5.74, 6) is 0. The van der Waals surface area contributed by atoms with E-state index in [4.69, 9.17) is 4.74 Å². The van der Waals surface area contributed by atoms with E-state index in [2.05, 4.69) is 24.5 Å². The fourth-order valence-electron chi connectivity index (χ4n) is 1.71. The molecule has 0 amide bonds. The van der Waals surface area contributed by atoms with Crippen molar-refractivity contribution in [3.63, 3.8) is 0 Å². The normalized spacial score (nSPS) is 26.6. The molecule has 1 aliphatic carbocycles. The second-order valence-corrected chi connectivity index (χ2v) is 4.44. The van der Waals surface area contributed by atoms with E-state index in [0.717, 1.165) is 13.1 Å². The zero-order chi connectivity index (χ0) is 10.4. The third kappa shape index (κ3) is 4.40. The standard InChI is InChI=1S/C11H24N2O/c1-9(2)12-5-4-6-13-10-7-11(8-10)14-3/h9-13H,4-8H2,1-3H3. The molecule has 1 saturated carbocycles. The van der Waals surface area contributed by atoms with Crippen LogP contribution in [0.25, 0.3) is 0 Å². The Morgan fingerprint density at radius 2 is 2.00 bits per heavy atom. The Kier molecular flexibility index (Phi) is 5.45. The van der Waals surface area contributed by atoms with Gasteiger partial charge in [-0.25, -0.2) is 0 Å². The maximum atomic E-state index is 5.22. The van der Waals surface area contributed by atoms with Gasteiger partial charge in [-0.3, -0.25) is 0 Å². The summed E-state index contributed by atoms with van der Waals surface area (Å²) in [4.78, 5) is 0. The van der Waals surface area contributed by atoms with Crippen LogP contribution in [0.3, 0.4) is 0 Å². The van der Waals surface area contributed by atoms with Crippen molar-refractivity contribution in [3.8, 4) is 0 Å². The maximum absolute atomic E-state index is 5.22. The summed E-state index contributed by atoms with van der Waals surface area (Å²) < 4.78 is 5.22. The van der Waals surface area contributed by atoms with Crippen molar-refractivity contribution in [3.05, 3.63) is 0 Å². The monoisotopic (exact) mass is 200 g/mol.